The van der Waals surface area contributed by atoms with E-state index in [1.165, 1.54) is 5.48 Å². The summed E-state index contributed by atoms with van der Waals surface area (Å²) in [7, 11) is 0. The summed E-state index contributed by atoms with van der Waals surface area (Å²) in [6.45, 7) is 3.89. The largest absolute Gasteiger partial charge is 0.477 e. The summed E-state index contributed by atoms with van der Waals surface area (Å²) in [6, 6.07) is 3.63. The van der Waals surface area contributed by atoms with Gasteiger partial charge in [-0.25, -0.2) is 20.1 Å². The third kappa shape index (κ3) is 4.03. The van der Waals surface area contributed by atoms with Crippen LogP contribution in [0.4, 0.5) is 0 Å². The molecule has 0 aliphatic carbocycles. The van der Waals surface area contributed by atoms with Crippen LogP contribution in [0.5, 0.6) is 0 Å². The maximum atomic E-state index is 12.2. The number of carbonyl (C=O) groups excluding carboxylic acids is 1. The molecule has 2 aliphatic rings. The Morgan fingerprint density at radius 1 is 1.20 bits per heavy atom. The number of aromatic amines is 1. The Labute approximate surface area is 168 Å². The van der Waals surface area contributed by atoms with Gasteiger partial charge in [0.15, 0.2) is 11.5 Å². The average molecular weight is 414 g/mol. The van der Waals surface area contributed by atoms with E-state index in [4.69, 9.17) is 5.21 Å². The molecule has 12 heteroatoms. The number of carbonyl (C=O) groups is 2. The molecule has 30 heavy (non-hydrogen) atoms. The van der Waals surface area contributed by atoms with Gasteiger partial charge in [0.25, 0.3) is 11.5 Å². The average Bonchev–Trinajstić information content (AvgIpc) is 2.68. The summed E-state index contributed by atoms with van der Waals surface area (Å²) in [4.78, 5) is 56.8. The van der Waals surface area contributed by atoms with Crippen molar-refractivity contribution in [2.75, 3.05) is 6.54 Å². The minimum absolute atomic E-state index is 0.00527. The van der Waals surface area contributed by atoms with Crippen molar-refractivity contribution in [3.05, 3.63) is 55.9 Å². The van der Waals surface area contributed by atoms with Crippen molar-refractivity contribution in [1.29, 1.82) is 0 Å². The highest BCUT2D eigenvalue weighted by Crippen LogP contribution is 2.23. The number of benzene rings is 1. The molecule has 1 amide bonds. The first-order valence-electron chi connectivity index (χ1n) is 8.76. The van der Waals surface area contributed by atoms with Gasteiger partial charge < -0.3 is 15.0 Å². The van der Waals surface area contributed by atoms with Crippen LogP contribution in [-0.2, 0) is 16.1 Å². The maximum absolute atomic E-state index is 12.2. The summed E-state index contributed by atoms with van der Waals surface area (Å²) in [5.41, 5.74) is 2.33. The van der Waals surface area contributed by atoms with Crippen LogP contribution in [0.25, 0.3) is 22.6 Å². The number of nitrogens with zero attached hydrogens (tertiary/aromatic N) is 3. The van der Waals surface area contributed by atoms with Crippen LogP contribution in [0.1, 0.15) is 11.1 Å². The Balaban J connectivity index is 2.08. The van der Waals surface area contributed by atoms with E-state index in [0.29, 0.717) is 17.1 Å². The zero-order valence-electron chi connectivity index (χ0n) is 16.0. The van der Waals surface area contributed by atoms with E-state index in [1.807, 2.05) is 19.9 Å². The first kappa shape index (κ1) is 20.7. The van der Waals surface area contributed by atoms with E-state index < -0.39 is 28.8 Å². The second-order valence-corrected chi connectivity index (χ2v) is 6.50. The normalized spacial score (nSPS) is 11.6. The van der Waals surface area contributed by atoms with Crippen LogP contribution >= 0.6 is 0 Å². The smallest absolute Gasteiger partial charge is 0.352 e. The number of carboxylic acid groups (broad SMARTS) is 1. The van der Waals surface area contributed by atoms with E-state index >= 15 is 0 Å². The van der Waals surface area contributed by atoms with Gasteiger partial charge in [-0.3, -0.25) is 19.8 Å². The fourth-order valence-electron chi connectivity index (χ4n) is 2.93. The molecule has 0 saturated heterocycles. The number of hydrogen-bond donors (Lipinski definition) is 5. The number of carboxylic acids is 1. The molecule has 2 heterocycles. The number of H-pyrrole nitrogens is 1. The van der Waals surface area contributed by atoms with Gasteiger partial charge in [-0.1, -0.05) is 0 Å². The number of aryl methyl sites for hydroxylation is 2. The molecule has 0 saturated carbocycles. The van der Waals surface area contributed by atoms with Crippen LogP contribution in [0.15, 0.2) is 33.5 Å². The lowest BCUT2D eigenvalue weighted by atomic mass is 10.1. The third-order valence-electron chi connectivity index (χ3n) is 4.49. The Morgan fingerprint density at radius 2 is 1.90 bits per heavy atom. The lowest BCUT2D eigenvalue weighted by Crippen LogP contribution is -2.31. The number of aromatic nitrogens is 4. The molecule has 0 spiro atoms. The predicted octanol–water partition coefficient (Wildman–Crippen LogP) is -0.735. The number of rotatable bonds is 6. The topological polar surface area (TPSA) is 179 Å². The van der Waals surface area contributed by atoms with Gasteiger partial charge in [-0.2, -0.15) is 4.98 Å². The van der Waals surface area contributed by atoms with Gasteiger partial charge in [0.1, 0.15) is 5.70 Å². The van der Waals surface area contributed by atoms with Crippen LogP contribution in [-0.4, -0.2) is 48.3 Å². The van der Waals surface area contributed by atoms with Crippen LogP contribution in [0.2, 0.25) is 0 Å². The number of nitrogens with one attached hydrogen (secondary N) is 3. The van der Waals surface area contributed by atoms with Gasteiger partial charge in [0.05, 0.1) is 11.0 Å². The number of aliphatic carboxylic acids is 1. The fraction of sp³-hybridized carbons (Fsp3) is 0.222. The molecule has 156 valence electrons. The molecule has 0 fully saturated rings. The number of amides is 1. The molecule has 5 N–H and O–H groups in total. The standard InChI is InChI=1S/C18H18N6O6/c1-8-5-10-12(6-9(8)2)24(15-14(20-10)16(26)22-18(29)21-15)4-3-19-11(17(27)28)7-13(25)23-30/h5-7,19,30H,3-4H2,1-2H3,(H,23,25)(H,27,28)(H,22,26,29)/b11-7+. The van der Waals surface area contributed by atoms with E-state index in [0.717, 1.165) is 11.1 Å². The highest BCUT2D eigenvalue weighted by Gasteiger charge is 2.19. The summed E-state index contributed by atoms with van der Waals surface area (Å²) in [6.07, 6.45) is 0.683. The van der Waals surface area contributed by atoms with Crippen LogP contribution < -0.4 is 22.0 Å². The van der Waals surface area contributed by atoms with E-state index in [1.54, 1.807) is 10.6 Å². The Kier molecular flexibility index (Phi) is 5.60. The molecule has 2 aliphatic heterocycles. The van der Waals surface area contributed by atoms with Gasteiger partial charge in [0.2, 0.25) is 0 Å². The second kappa shape index (κ2) is 8.13. The summed E-state index contributed by atoms with van der Waals surface area (Å²) >= 11 is 0. The molecule has 0 radical (unpaired) electrons. The predicted molar refractivity (Wildman–Crippen MR) is 104 cm³/mol. The number of hydrogen-bond acceptors (Lipinski definition) is 8. The van der Waals surface area contributed by atoms with Crippen molar-refractivity contribution in [3.63, 3.8) is 0 Å². The molecule has 1 aromatic carbocycles. The van der Waals surface area contributed by atoms with Crippen molar-refractivity contribution >= 4 is 22.9 Å². The molecule has 0 atom stereocenters. The number of hydroxylamine groups is 1. The molecule has 0 bridgehead atoms. The first-order chi connectivity index (χ1) is 14.2. The SMILES string of the molecule is Cc1cc2nc3c(=O)[nH]c(=O)nc-3n(CCN/C(=C/C(=O)NO)C(=O)O)c2cc1C. The van der Waals surface area contributed by atoms with E-state index in [2.05, 4.69) is 20.3 Å². The van der Waals surface area contributed by atoms with Crippen molar-refractivity contribution < 1.29 is 19.9 Å². The Bertz CT molecular complexity index is 1270. The van der Waals surface area contributed by atoms with Crippen molar-refractivity contribution in [1.82, 2.24) is 30.3 Å². The first-order valence-corrected chi connectivity index (χ1v) is 8.76. The molecule has 0 aromatic heterocycles. The van der Waals surface area contributed by atoms with E-state index in [-0.39, 0.29) is 24.6 Å². The lowest BCUT2D eigenvalue weighted by molar-refractivity contribution is -0.133. The minimum atomic E-state index is -1.41. The summed E-state index contributed by atoms with van der Waals surface area (Å²) < 4.78 is 1.58. The molecule has 3 rings (SSSR count). The maximum Gasteiger partial charge on any atom is 0.352 e. The van der Waals surface area contributed by atoms with Gasteiger partial charge in [-0.15, -0.1) is 0 Å². The Hall–Kier alpha value is -4.06. The second-order valence-electron chi connectivity index (χ2n) is 6.50. The minimum Gasteiger partial charge on any atom is -0.477 e. The highest BCUT2D eigenvalue weighted by molar-refractivity contribution is 5.96. The summed E-state index contributed by atoms with van der Waals surface area (Å²) in [5.74, 6) is -2.37. The van der Waals surface area contributed by atoms with Crippen molar-refractivity contribution in [2.45, 2.75) is 20.4 Å². The monoisotopic (exact) mass is 414 g/mol. The van der Waals surface area contributed by atoms with Gasteiger partial charge >= 0.3 is 11.7 Å². The lowest BCUT2D eigenvalue weighted by Gasteiger charge is -2.18. The zero-order chi connectivity index (χ0) is 22.0. The molecule has 1 aromatic rings. The van der Waals surface area contributed by atoms with Crippen molar-refractivity contribution in [3.8, 4) is 11.5 Å². The van der Waals surface area contributed by atoms with Crippen LogP contribution in [0, 0.1) is 13.8 Å². The molecule has 12 nitrogen and oxygen atoms in total. The third-order valence-corrected chi connectivity index (χ3v) is 4.49. The van der Waals surface area contributed by atoms with Gasteiger partial charge in [-0.05, 0) is 37.1 Å². The van der Waals surface area contributed by atoms with Crippen LogP contribution in [0.3, 0.4) is 0 Å². The molecular formula is C18H18N6O6. The van der Waals surface area contributed by atoms with E-state index in [9.17, 15) is 24.3 Å². The van der Waals surface area contributed by atoms with Crippen molar-refractivity contribution in [2.24, 2.45) is 0 Å². The Morgan fingerprint density at radius 3 is 2.57 bits per heavy atom. The molecule has 0 unspecified atom stereocenters. The molecular weight excluding hydrogens is 396 g/mol. The number of fused-ring (bicyclic) bond motifs is 2. The quantitative estimate of drug-likeness (QED) is 0.150. The van der Waals surface area contributed by atoms with Gasteiger partial charge in [0, 0.05) is 19.2 Å². The zero-order valence-corrected chi connectivity index (χ0v) is 16.0. The highest BCUT2D eigenvalue weighted by atomic mass is 16.5. The fourth-order valence-corrected chi connectivity index (χ4v) is 2.93. The summed E-state index contributed by atoms with van der Waals surface area (Å²) in [5, 5.41) is 20.3.